The average molecular weight is 447 g/mol. The summed E-state index contributed by atoms with van der Waals surface area (Å²) in [5, 5.41) is 5.91. The zero-order chi connectivity index (χ0) is 22.5. The maximum Gasteiger partial charge on any atom is 0.347 e. The van der Waals surface area contributed by atoms with E-state index in [1.165, 1.54) is 11.3 Å². The summed E-state index contributed by atoms with van der Waals surface area (Å²) in [7, 11) is 0. The number of carbonyl (C=O) groups is 2. The van der Waals surface area contributed by atoms with Crippen LogP contribution >= 0.6 is 11.3 Å². The molecule has 0 unspecified atom stereocenters. The number of fused-ring (bicyclic) bond motifs is 1. The van der Waals surface area contributed by atoms with Gasteiger partial charge in [-0.05, 0) is 19.4 Å². The Hall–Kier alpha value is -3.71. The second kappa shape index (κ2) is 9.62. The molecule has 0 amide bonds. The average Bonchev–Trinajstić information content (AvgIpc) is 3.25. The molecular formula is C25H22N2O4S. The van der Waals surface area contributed by atoms with Crippen molar-refractivity contribution in [3.8, 4) is 11.1 Å². The van der Waals surface area contributed by atoms with Crippen molar-refractivity contribution < 1.29 is 19.1 Å². The number of nitrogens with one attached hydrogen (secondary N) is 1. The minimum atomic E-state index is -0.737. The summed E-state index contributed by atoms with van der Waals surface area (Å²) >= 11 is 1.45. The molecular weight excluding hydrogens is 424 g/mol. The molecule has 0 aliphatic carbocycles. The van der Waals surface area contributed by atoms with Crippen LogP contribution in [-0.4, -0.2) is 31.0 Å². The van der Waals surface area contributed by atoms with Crippen molar-refractivity contribution in [2.45, 2.75) is 13.8 Å². The van der Waals surface area contributed by atoms with Gasteiger partial charge in [0.1, 0.15) is 10.8 Å². The quantitative estimate of drug-likeness (QED) is 0.251. The number of esters is 2. The molecule has 0 fully saturated rings. The molecule has 1 aliphatic rings. The molecule has 2 aromatic carbocycles. The standard InChI is InChI=1S/C25H22N2O4S/c1-3-30-24(28)20(25(29)31-4-2)21-19-18(16-11-7-5-8-12-16)15-32-23(19)27-22(26-21)17-13-9-6-10-14-17/h5-15H,3-4H2,1-2H3,(H,26,27). The Morgan fingerprint density at radius 3 is 2.00 bits per heavy atom. The van der Waals surface area contributed by atoms with Crippen molar-refractivity contribution in [3.05, 3.63) is 82.7 Å². The monoisotopic (exact) mass is 446 g/mol. The van der Waals surface area contributed by atoms with Gasteiger partial charge in [0.15, 0.2) is 5.57 Å². The molecule has 1 aliphatic heterocycles. The Balaban J connectivity index is 1.98. The van der Waals surface area contributed by atoms with Gasteiger partial charge in [0, 0.05) is 22.1 Å². The van der Waals surface area contributed by atoms with E-state index >= 15 is 0 Å². The molecule has 2 heterocycles. The lowest BCUT2D eigenvalue weighted by Gasteiger charge is -2.22. The van der Waals surface area contributed by atoms with Crippen molar-refractivity contribution in [2.24, 2.45) is 4.99 Å². The van der Waals surface area contributed by atoms with E-state index in [1.807, 2.05) is 66.0 Å². The zero-order valence-corrected chi connectivity index (χ0v) is 18.6. The SMILES string of the molecule is CCOC(=O)C(C(=O)OCC)=C1NC(c2ccccc2)=Nc2scc(-c3ccccc3)c21. The fourth-order valence-corrected chi connectivity index (χ4v) is 4.38. The van der Waals surface area contributed by atoms with E-state index in [4.69, 9.17) is 14.5 Å². The third-order valence-electron chi connectivity index (χ3n) is 4.82. The predicted molar refractivity (Wildman–Crippen MR) is 126 cm³/mol. The second-order valence-corrected chi connectivity index (χ2v) is 7.70. The second-order valence-electron chi connectivity index (χ2n) is 6.84. The molecule has 0 spiro atoms. The first-order chi connectivity index (χ1) is 15.6. The number of nitrogens with zero attached hydrogens (tertiary/aromatic N) is 1. The van der Waals surface area contributed by atoms with Gasteiger partial charge in [0.05, 0.1) is 18.9 Å². The first-order valence-electron chi connectivity index (χ1n) is 10.3. The Labute approximate surface area is 190 Å². The highest BCUT2D eigenvalue weighted by atomic mass is 32.1. The minimum Gasteiger partial charge on any atom is -0.462 e. The highest BCUT2D eigenvalue weighted by Crippen LogP contribution is 2.44. The number of thiophene rings is 1. The van der Waals surface area contributed by atoms with Gasteiger partial charge in [-0.15, -0.1) is 11.3 Å². The van der Waals surface area contributed by atoms with Crippen LogP contribution in [-0.2, 0) is 19.1 Å². The lowest BCUT2D eigenvalue weighted by molar-refractivity contribution is -0.146. The summed E-state index contributed by atoms with van der Waals surface area (Å²) in [5.74, 6) is -0.932. The van der Waals surface area contributed by atoms with Gasteiger partial charge >= 0.3 is 11.9 Å². The molecule has 32 heavy (non-hydrogen) atoms. The van der Waals surface area contributed by atoms with E-state index < -0.39 is 11.9 Å². The molecule has 7 heteroatoms. The van der Waals surface area contributed by atoms with Crippen molar-refractivity contribution in [1.82, 2.24) is 5.32 Å². The zero-order valence-electron chi connectivity index (χ0n) is 17.8. The van der Waals surface area contributed by atoms with Crippen molar-refractivity contribution >= 4 is 39.8 Å². The van der Waals surface area contributed by atoms with Crippen LogP contribution in [0.15, 0.2) is 76.6 Å². The van der Waals surface area contributed by atoms with Crippen molar-refractivity contribution in [1.29, 1.82) is 0 Å². The number of aliphatic imine (C=N–C) groups is 1. The van der Waals surface area contributed by atoms with Gasteiger partial charge in [-0.25, -0.2) is 14.6 Å². The molecule has 0 saturated heterocycles. The molecule has 0 atom stereocenters. The molecule has 0 saturated carbocycles. The highest BCUT2D eigenvalue weighted by Gasteiger charge is 2.33. The lowest BCUT2D eigenvalue weighted by Crippen LogP contribution is -2.31. The molecule has 0 radical (unpaired) electrons. The number of rotatable bonds is 6. The summed E-state index contributed by atoms with van der Waals surface area (Å²) in [6, 6.07) is 19.3. The molecule has 4 rings (SSSR count). The minimum absolute atomic E-state index is 0.136. The number of hydrogen-bond acceptors (Lipinski definition) is 7. The van der Waals surface area contributed by atoms with E-state index in [0.29, 0.717) is 22.1 Å². The van der Waals surface area contributed by atoms with Gasteiger partial charge < -0.3 is 14.8 Å². The lowest BCUT2D eigenvalue weighted by atomic mass is 9.97. The van der Waals surface area contributed by atoms with E-state index in [2.05, 4.69) is 5.32 Å². The Morgan fingerprint density at radius 1 is 0.875 bits per heavy atom. The van der Waals surface area contributed by atoms with E-state index in [9.17, 15) is 9.59 Å². The molecule has 6 nitrogen and oxygen atoms in total. The summed E-state index contributed by atoms with van der Waals surface area (Å²) in [6.07, 6.45) is 0. The highest BCUT2D eigenvalue weighted by molar-refractivity contribution is 7.14. The van der Waals surface area contributed by atoms with E-state index in [-0.39, 0.29) is 18.8 Å². The van der Waals surface area contributed by atoms with E-state index in [1.54, 1.807) is 13.8 Å². The number of amidine groups is 1. The Bertz CT molecular complexity index is 1180. The first-order valence-corrected chi connectivity index (χ1v) is 11.2. The fraction of sp³-hybridized carbons (Fsp3) is 0.160. The van der Waals surface area contributed by atoms with Crippen LogP contribution in [0, 0.1) is 0 Å². The number of ether oxygens (including phenoxy) is 2. The van der Waals surface area contributed by atoms with Crippen LogP contribution in [0.1, 0.15) is 25.0 Å². The maximum atomic E-state index is 12.9. The smallest absolute Gasteiger partial charge is 0.347 e. The molecule has 0 bridgehead atoms. The van der Waals surface area contributed by atoms with Crippen LogP contribution in [0.3, 0.4) is 0 Å². The van der Waals surface area contributed by atoms with Crippen LogP contribution < -0.4 is 5.32 Å². The number of hydrogen-bond donors (Lipinski definition) is 1. The predicted octanol–water partition coefficient (Wildman–Crippen LogP) is 4.93. The molecule has 1 aromatic heterocycles. The summed E-state index contributed by atoms with van der Waals surface area (Å²) in [6.45, 7) is 3.66. The van der Waals surface area contributed by atoms with Gasteiger partial charge in [-0.2, -0.15) is 0 Å². The topological polar surface area (TPSA) is 77.0 Å². The number of benzene rings is 2. The van der Waals surface area contributed by atoms with Crippen LogP contribution in [0.4, 0.5) is 5.00 Å². The normalized spacial score (nSPS) is 12.3. The third-order valence-corrected chi connectivity index (χ3v) is 5.69. The largest absolute Gasteiger partial charge is 0.462 e. The molecule has 1 N–H and O–H groups in total. The van der Waals surface area contributed by atoms with Crippen molar-refractivity contribution in [3.63, 3.8) is 0 Å². The summed E-state index contributed by atoms with van der Waals surface area (Å²) in [5.41, 5.74) is 3.50. The van der Waals surface area contributed by atoms with Crippen LogP contribution in [0.5, 0.6) is 0 Å². The Morgan fingerprint density at radius 2 is 1.44 bits per heavy atom. The third kappa shape index (κ3) is 4.20. The summed E-state index contributed by atoms with van der Waals surface area (Å²) < 4.78 is 10.5. The van der Waals surface area contributed by atoms with E-state index in [0.717, 1.165) is 16.7 Å². The molecule has 3 aromatic rings. The molecule has 162 valence electrons. The van der Waals surface area contributed by atoms with Crippen LogP contribution in [0.25, 0.3) is 16.8 Å². The summed E-state index contributed by atoms with van der Waals surface area (Å²) in [4.78, 5) is 30.6. The van der Waals surface area contributed by atoms with Gasteiger partial charge in [-0.1, -0.05) is 60.7 Å². The van der Waals surface area contributed by atoms with Gasteiger partial charge in [0.2, 0.25) is 0 Å². The van der Waals surface area contributed by atoms with Gasteiger partial charge in [0.25, 0.3) is 0 Å². The Kier molecular flexibility index (Phi) is 6.47. The maximum absolute atomic E-state index is 12.9. The first kappa shape index (κ1) is 21.5. The van der Waals surface area contributed by atoms with Crippen LogP contribution in [0.2, 0.25) is 0 Å². The fourth-order valence-electron chi connectivity index (χ4n) is 3.43. The van der Waals surface area contributed by atoms with Crippen molar-refractivity contribution in [2.75, 3.05) is 13.2 Å². The number of carbonyl (C=O) groups excluding carboxylic acids is 2. The van der Waals surface area contributed by atoms with Gasteiger partial charge in [-0.3, -0.25) is 0 Å².